The Balaban J connectivity index is 2.39. The molecule has 0 fully saturated rings. The second kappa shape index (κ2) is 7.58. The van der Waals surface area contributed by atoms with Crippen LogP contribution in [0.1, 0.15) is 32.8 Å². The van der Waals surface area contributed by atoms with Crippen molar-refractivity contribution in [2.75, 3.05) is 13.1 Å². The summed E-state index contributed by atoms with van der Waals surface area (Å²) in [5.41, 5.74) is 3.49. The first-order chi connectivity index (χ1) is 10.1. The lowest BCUT2D eigenvalue weighted by molar-refractivity contribution is 0.657. The zero-order chi connectivity index (χ0) is 15.2. The Hall–Kier alpha value is -1.38. The predicted octanol–water partition coefficient (Wildman–Crippen LogP) is 4.93. The fourth-order valence-electron chi connectivity index (χ4n) is 2.31. The van der Waals surface area contributed by atoms with E-state index in [4.69, 9.17) is 11.6 Å². The Morgan fingerprint density at radius 1 is 1.33 bits per heavy atom. The average molecular weight is 303 g/mol. The van der Waals surface area contributed by atoms with Crippen molar-refractivity contribution < 1.29 is 0 Å². The van der Waals surface area contributed by atoms with Gasteiger partial charge < -0.3 is 5.32 Å². The lowest BCUT2D eigenvalue weighted by Crippen LogP contribution is -2.19. The third-order valence-electron chi connectivity index (χ3n) is 3.59. The minimum atomic E-state index is 0.504. The number of nitrogens with zero attached hydrogens (tertiary/aromatic N) is 1. The number of hydrogen-bond donors (Lipinski definition) is 1. The lowest BCUT2D eigenvalue weighted by Gasteiger charge is -2.13. The largest absolute Gasteiger partial charge is 0.313 e. The lowest BCUT2D eigenvalue weighted by atomic mass is 9.99. The van der Waals surface area contributed by atoms with Crippen LogP contribution in [0, 0.1) is 5.92 Å². The molecule has 0 spiro atoms. The van der Waals surface area contributed by atoms with Gasteiger partial charge in [0.25, 0.3) is 0 Å². The fraction of sp³-hybridized carbons (Fsp3) is 0.389. The van der Waals surface area contributed by atoms with Crippen LogP contribution in [0.4, 0.5) is 0 Å². The van der Waals surface area contributed by atoms with Gasteiger partial charge in [-0.15, -0.1) is 0 Å². The Kier molecular flexibility index (Phi) is 5.77. The second-order valence-corrected chi connectivity index (χ2v) is 5.99. The Bertz CT molecular complexity index is 632. The molecule has 0 amide bonds. The molecule has 0 saturated carbocycles. The van der Waals surface area contributed by atoms with E-state index in [0.717, 1.165) is 41.0 Å². The second-order valence-electron chi connectivity index (χ2n) is 5.59. The van der Waals surface area contributed by atoms with Crippen LogP contribution >= 0.6 is 11.6 Å². The molecule has 1 aromatic carbocycles. The van der Waals surface area contributed by atoms with Gasteiger partial charge in [0.05, 0.1) is 10.5 Å². The molecule has 1 N–H and O–H groups in total. The van der Waals surface area contributed by atoms with Crippen molar-refractivity contribution >= 4 is 28.6 Å². The van der Waals surface area contributed by atoms with E-state index in [1.165, 1.54) is 5.57 Å². The molecular formula is C18H23ClN2. The smallest absolute Gasteiger partial charge is 0.0789 e. The van der Waals surface area contributed by atoms with Crippen LogP contribution in [0.3, 0.4) is 0 Å². The van der Waals surface area contributed by atoms with E-state index < -0.39 is 0 Å². The molecule has 0 bridgehead atoms. The number of aromatic nitrogens is 1. The number of fused-ring (bicyclic) bond motifs is 1. The third kappa shape index (κ3) is 4.05. The van der Waals surface area contributed by atoms with Crippen molar-refractivity contribution in [3.63, 3.8) is 0 Å². The minimum Gasteiger partial charge on any atom is -0.313 e. The first-order valence-corrected chi connectivity index (χ1v) is 7.95. The first-order valence-electron chi connectivity index (χ1n) is 7.58. The van der Waals surface area contributed by atoms with Crippen molar-refractivity contribution in [3.8, 4) is 0 Å². The highest BCUT2D eigenvalue weighted by atomic mass is 35.5. The number of halogens is 1. The predicted molar refractivity (Wildman–Crippen MR) is 92.7 cm³/mol. The zero-order valence-electron chi connectivity index (χ0n) is 13.0. The molecular weight excluding hydrogens is 280 g/mol. The van der Waals surface area contributed by atoms with E-state index in [-0.39, 0.29) is 0 Å². The number of nitrogens with one attached hydrogen (secondary N) is 1. The molecule has 0 unspecified atom stereocenters. The van der Waals surface area contributed by atoms with E-state index >= 15 is 0 Å². The molecule has 112 valence electrons. The van der Waals surface area contributed by atoms with Crippen molar-refractivity contribution in [1.82, 2.24) is 10.3 Å². The molecule has 0 aliphatic rings. The van der Waals surface area contributed by atoms with Gasteiger partial charge in [-0.25, -0.2) is 0 Å². The summed E-state index contributed by atoms with van der Waals surface area (Å²) in [5.74, 6) is 0.504. The van der Waals surface area contributed by atoms with Crippen LogP contribution in [-0.2, 0) is 0 Å². The van der Waals surface area contributed by atoms with Gasteiger partial charge in [-0.05, 0) is 37.1 Å². The number of hydrogen-bond acceptors (Lipinski definition) is 2. The van der Waals surface area contributed by atoms with Crippen LogP contribution in [0.5, 0.6) is 0 Å². The monoisotopic (exact) mass is 302 g/mol. The minimum absolute atomic E-state index is 0.504. The Morgan fingerprint density at radius 3 is 2.86 bits per heavy atom. The maximum absolute atomic E-state index is 6.26. The maximum atomic E-state index is 6.26. The molecule has 2 aromatic rings. The van der Waals surface area contributed by atoms with Crippen molar-refractivity contribution in [2.45, 2.75) is 27.2 Å². The standard InChI is InChI=1S/C18H23ClN2/c1-4-9-20-12-15(13(2)3)11-14-7-8-17(19)16-6-5-10-21-18(14)16/h5-8,10-11,13,20H,4,9,12H2,1-3H3/b15-11-. The van der Waals surface area contributed by atoms with Crippen LogP contribution in [0.15, 0.2) is 36.0 Å². The molecule has 1 aromatic heterocycles. The van der Waals surface area contributed by atoms with E-state index in [2.05, 4.69) is 43.2 Å². The molecule has 21 heavy (non-hydrogen) atoms. The van der Waals surface area contributed by atoms with E-state index in [1.807, 2.05) is 24.4 Å². The van der Waals surface area contributed by atoms with E-state index in [1.54, 1.807) is 0 Å². The molecule has 2 nitrogen and oxygen atoms in total. The van der Waals surface area contributed by atoms with Gasteiger partial charge in [-0.3, -0.25) is 4.98 Å². The Morgan fingerprint density at radius 2 is 2.14 bits per heavy atom. The van der Waals surface area contributed by atoms with Gasteiger partial charge in [-0.1, -0.05) is 50.1 Å². The highest BCUT2D eigenvalue weighted by molar-refractivity contribution is 6.35. The number of pyridine rings is 1. The zero-order valence-corrected chi connectivity index (χ0v) is 13.7. The Labute approximate surface area is 132 Å². The van der Waals surface area contributed by atoms with Crippen LogP contribution in [0.2, 0.25) is 5.02 Å². The first kappa shape index (κ1) is 16.0. The summed E-state index contributed by atoms with van der Waals surface area (Å²) in [6.07, 6.45) is 5.22. The molecule has 3 heteroatoms. The molecule has 0 radical (unpaired) electrons. The summed E-state index contributed by atoms with van der Waals surface area (Å²) in [6, 6.07) is 7.95. The molecule has 2 rings (SSSR count). The highest BCUT2D eigenvalue weighted by Crippen LogP contribution is 2.27. The van der Waals surface area contributed by atoms with Gasteiger partial charge >= 0.3 is 0 Å². The topological polar surface area (TPSA) is 24.9 Å². The van der Waals surface area contributed by atoms with E-state index in [0.29, 0.717) is 5.92 Å². The van der Waals surface area contributed by atoms with Gasteiger partial charge in [0.15, 0.2) is 0 Å². The molecule has 0 saturated heterocycles. The van der Waals surface area contributed by atoms with Crippen LogP contribution in [-0.4, -0.2) is 18.1 Å². The van der Waals surface area contributed by atoms with Crippen LogP contribution < -0.4 is 5.32 Å². The molecule has 0 aliphatic carbocycles. The number of rotatable bonds is 6. The highest BCUT2D eigenvalue weighted by Gasteiger charge is 2.07. The normalized spacial score (nSPS) is 12.3. The quantitative estimate of drug-likeness (QED) is 0.766. The van der Waals surface area contributed by atoms with Gasteiger partial charge in [0.1, 0.15) is 0 Å². The summed E-state index contributed by atoms with van der Waals surface area (Å²) in [7, 11) is 0. The van der Waals surface area contributed by atoms with Gasteiger partial charge in [-0.2, -0.15) is 0 Å². The molecule has 0 aliphatic heterocycles. The van der Waals surface area contributed by atoms with Gasteiger partial charge in [0.2, 0.25) is 0 Å². The fourth-order valence-corrected chi connectivity index (χ4v) is 2.52. The molecule has 1 heterocycles. The van der Waals surface area contributed by atoms with Crippen molar-refractivity contribution in [2.24, 2.45) is 5.92 Å². The summed E-state index contributed by atoms with van der Waals surface area (Å²) >= 11 is 6.26. The summed E-state index contributed by atoms with van der Waals surface area (Å²) < 4.78 is 0. The average Bonchev–Trinajstić information content (AvgIpc) is 2.49. The molecule has 0 atom stereocenters. The SMILES string of the molecule is CCCNC/C(=C/c1ccc(Cl)c2cccnc12)C(C)C. The van der Waals surface area contributed by atoms with Gasteiger partial charge in [0, 0.05) is 23.7 Å². The van der Waals surface area contributed by atoms with E-state index in [9.17, 15) is 0 Å². The van der Waals surface area contributed by atoms with Crippen molar-refractivity contribution in [3.05, 3.63) is 46.6 Å². The number of benzene rings is 1. The summed E-state index contributed by atoms with van der Waals surface area (Å²) in [4.78, 5) is 4.50. The third-order valence-corrected chi connectivity index (χ3v) is 3.92. The maximum Gasteiger partial charge on any atom is 0.0789 e. The summed E-state index contributed by atoms with van der Waals surface area (Å²) in [6.45, 7) is 8.60. The summed E-state index contributed by atoms with van der Waals surface area (Å²) in [5, 5.41) is 5.25. The van der Waals surface area contributed by atoms with Crippen LogP contribution in [0.25, 0.3) is 17.0 Å². The van der Waals surface area contributed by atoms with Crippen molar-refractivity contribution in [1.29, 1.82) is 0 Å².